The topological polar surface area (TPSA) is 99.5 Å². The van der Waals surface area contributed by atoms with Crippen molar-refractivity contribution in [1.82, 2.24) is 14.8 Å². The first kappa shape index (κ1) is 28.8. The van der Waals surface area contributed by atoms with Crippen molar-refractivity contribution in [1.29, 1.82) is 0 Å². The third-order valence-corrected chi connectivity index (χ3v) is 7.60. The van der Waals surface area contributed by atoms with Crippen LogP contribution in [0.1, 0.15) is 31.0 Å². The Hall–Kier alpha value is -3.73. The summed E-state index contributed by atoms with van der Waals surface area (Å²) in [5.74, 6) is 1.72. The average molecular weight is 659 g/mol. The lowest BCUT2D eigenvalue weighted by atomic mass is 9.94. The summed E-state index contributed by atoms with van der Waals surface area (Å²) in [7, 11) is 1.56. The predicted molar refractivity (Wildman–Crippen MR) is 162 cm³/mol. The van der Waals surface area contributed by atoms with Crippen molar-refractivity contribution < 1.29 is 19.0 Å². The van der Waals surface area contributed by atoms with Gasteiger partial charge in [0.15, 0.2) is 11.5 Å². The van der Waals surface area contributed by atoms with Crippen LogP contribution in [0.2, 0.25) is 10.0 Å². The molecule has 12 heteroatoms. The van der Waals surface area contributed by atoms with Crippen LogP contribution in [-0.4, -0.2) is 34.4 Å². The molecule has 1 aliphatic rings. The molecule has 3 aromatic carbocycles. The minimum atomic E-state index is -0.626. The molecule has 5 rings (SSSR count). The predicted octanol–water partition coefficient (Wildman–Crippen LogP) is 7.26. The van der Waals surface area contributed by atoms with Crippen LogP contribution in [0, 0.1) is 0 Å². The van der Waals surface area contributed by atoms with Crippen LogP contribution in [0.4, 0.5) is 11.6 Å². The van der Waals surface area contributed by atoms with E-state index in [2.05, 4.69) is 36.6 Å². The number of ether oxygens (including phenoxy) is 3. The highest BCUT2D eigenvalue weighted by Gasteiger charge is 2.35. The fourth-order valence-electron chi connectivity index (χ4n) is 4.57. The summed E-state index contributed by atoms with van der Waals surface area (Å²) in [6, 6.07) is 15.6. The quantitative estimate of drug-likeness (QED) is 0.195. The van der Waals surface area contributed by atoms with Crippen molar-refractivity contribution >= 4 is 56.7 Å². The molecule has 1 aliphatic heterocycles. The number of carbonyl (C=O) groups is 1. The smallest absolute Gasteiger partial charge is 0.255 e. The Balaban J connectivity index is 1.53. The average Bonchev–Trinajstić information content (AvgIpc) is 3.41. The van der Waals surface area contributed by atoms with Gasteiger partial charge in [0, 0.05) is 21.3 Å². The van der Waals surface area contributed by atoms with Gasteiger partial charge >= 0.3 is 0 Å². The van der Waals surface area contributed by atoms with Crippen LogP contribution in [0.15, 0.2) is 76.7 Å². The minimum absolute atomic E-state index is 0.195. The third-order valence-electron chi connectivity index (χ3n) is 6.43. The summed E-state index contributed by atoms with van der Waals surface area (Å²) in [5.41, 5.74) is 3.13. The third kappa shape index (κ3) is 6.00. The lowest BCUT2D eigenvalue weighted by molar-refractivity contribution is -0.113. The molecule has 0 fully saturated rings. The van der Waals surface area contributed by atoms with E-state index in [0.29, 0.717) is 61.3 Å². The summed E-state index contributed by atoms with van der Waals surface area (Å²) in [4.78, 5) is 18.2. The Morgan fingerprint density at radius 2 is 1.93 bits per heavy atom. The van der Waals surface area contributed by atoms with Crippen LogP contribution in [-0.2, 0) is 11.4 Å². The van der Waals surface area contributed by atoms with E-state index >= 15 is 0 Å². The lowest BCUT2D eigenvalue weighted by Crippen LogP contribution is -2.31. The molecule has 0 saturated heterocycles. The molecule has 1 atom stereocenters. The fraction of sp³-hybridized carbons (Fsp3) is 0.207. The molecule has 41 heavy (non-hydrogen) atoms. The van der Waals surface area contributed by atoms with Gasteiger partial charge in [0.1, 0.15) is 24.7 Å². The van der Waals surface area contributed by atoms with Crippen molar-refractivity contribution in [3.8, 4) is 17.2 Å². The number of nitrogens with zero attached hydrogens (tertiary/aromatic N) is 3. The first-order chi connectivity index (χ1) is 19.8. The normalized spacial score (nSPS) is 14.2. The molecule has 4 aromatic rings. The van der Waals surface area contributed by atoms with E-state index in [0.717, 1.165) is 11.1 Å². The van der Waals surface area contributed by atoms with Gasteiger partial charge in [-0.3, -0.25) is 4.79 Å². The number of fused-ring (bicyclic) bond motifs is 1. The molecule has 0 bridgehead atoms. The Kier molecular flexibility index (Phi) is 8.72. The number of amides is 1. The zero-order valence-electron chi connectivity index (χ0n) is 22.4. The van der Waals surface area contributed by atoms with E-state index in [1.54, 1.807) is 36.1 Å². The van der Waals surface area contributed by atoms with Gasteiger partial charge in [0.05, 0.1) is 29.4 Å². The van der Waals surface area contributed by atoms with Crippen molar-refractivity contribution in [3.05, 3.63) is 97.8 Å². The summed E-state index contributed by atoms with van der Waals surface area (Å²) < 4.78 is 19.9. The van der Waals surface area contributed by atoms with Crippen LogP contribution in [0.25, 0.3) is 0 Å². The molecule has 0 aliphatic carbocycles. The number of para-hydroxylation sites is 2. The Morgan fingerprint density at radius 3 is 2.68 bits per heavy atom. The van der Waals surface area contributed by atoms with Crippen LogP contribution in [0.3, 0.4) is 0 Å². The highest BCUT2D eigenvalue weighted by molar-refractivity contribution is 9.10. The van der Waals surface area contributed by atoms with Gasteiger partial charge < -0.3 is 24.8 Å². The number of methoxy groups -OCH3 is 1. The number of hydrogen-bond donors (Lipinski definition) is 2. The van der Waals surface area contributed by atoms with Crippen molar-refractivity contribution in [2.45, 2.75) is 26.5 Å². The van der Waals surface area contributed by atoms with Gasteiger partial charge in [-0.2, -0.15) is 10.1 Å². The fourth-order valence-corrected chi connectivity index (χ4v) is 5.61. The first-order valence-electron chi connectivity index (χ1n) is 12.6. The standard InChI is InChI=1S/C29H26BrCl2N5O4/c1-4-40-24-12-18(11-20(30)27(24)41-14-17-9-10-19(31)13-21(17)32)26-25(16(2)35-29-33-15-34-37(26)29)28(38)36-22-7-5-6-8-23(22)39-3/h5-13,15,26H,4,14H2,1-3H3,(H,36,38)(H,33,34,35). The molecule has 9 nitrogen and oxygen atoms in total. The maximum absolute atomic E-state index is 13.8. The first-order valence-corrected chi connectivity index (χ1v) is 14.2. The van der Waals surface area contributed by atoms with Crippen LogP contribution < -0.4 is 24.8 Å². The largest absolute Gasteiger partial charge is 0.495 e. The summed E-state index contributed by atoms with van der Waals surface area (Å²) in [5, 5.41) is 11.7. The molecular formula is C29H26BrCl2N5O4. The van der Waals surface area contributed by atoms with Crippen LogP contribution >= 0.6 is 39.1 Å². The summed E-state index contributed by atoms with van der Waals surface area (Å²) in [6.07, 6.45) is 1.44. The van der Waals surface area contributed by atoms with Gasteiger partial charge in [-0.05, 0) is 71.7 Å². The van der Waals surface area contributed by atoms with Crippen LogP contribution in [0.5, 0.6) is 17.2 Å². The monoisotopic (exact) mass is 657 g/mol. The van der Waals surface area contributed by atoms with Gasteiger partial charge in [0.25, 0.3) is 5.91 Å². The van der Waals surface area contributed by atoms with Crippen molar-refractivity contribution in [2.24, 2.45) is 0 Å². The van der Waals surface area contributed by atoms with E-state index in [4.69, 9.17) is 37.4 Å². The van der Waals surface area contributed by atoms with Gasteiger partial charge in [-0.1, -0.05) is 41.4 Å². The number of carbonyl (C=O) groups excluding carboxylic acids is 1. The Labute approximate surface area is 255 Å². The Morgan fingerprint density at radius 1 is 1.12 bits per heavy atom. The zero-order chi connectivity index (χ0) is 29.1. The molecule has 1 aromatic heterocycles. The molecule has 0 radical (unpaired) electrons. The van der Waals surface area contributed by atoms with Gasteiger partial charge in [0.2, 0.25) is 5.95 Å². The molecule has 2 N–H and O–H groups in total. The van der Waals surface area contributed by atoms with E-state index in [1.165, 1.54) is 6.33 Å². The molecular weight excluding hydrogens is 633 g/mol. The number of benzene rings is 3. The van der Waals surface area contributed by atoms with E-state index < -0.39 is 6.04 Å². The molecule has 212 valence electrons. The van der Waals surface area contributed by atoms with E-state index in [9.17, 15) is 4.79 Å². The van der Waals surface area contributed by atoms with Gasteiger partial charge in [-0.15, -0.1) is 0 Å². The van der Waals surface area contributed by atoms with Crippen molar-refractivity contribution in [3.63, 3.8) is 0 Å². The van der Waals surface area contributed by atoms with Crippen molar-refractivity contribution in [2.75, 3.05) is 24.4 Å². The minimum Gasteiger partial charge on any atom is -0.495 e. The summed E-state index contributed by atoms with van der Waals surface area (Å²) in [6.45, 7) is 4.30. The number of anilines is 2. The SMILES string of the molecule is CCOc1cc(C2C(C(=O)Nc3ccccc3OC)=C(C)Nc3ncnn32)cc(Br)c1OCc1ccc(Cl)cc1Cl. The van der Waals surface area contributed by atoms with Gasteiger partial charge in [-0.25, -0.2) is 4.68 Å². The molecule has 0 saturated carbocycles. The number of nitrogens with one attached hydrogen (secondary N) is 2. The highest BCUT2D eigenvalue weighted by Crippen LogP contribution is 2.43. The molecule has 1 unspecified atom stereocenters. The lowest BCUT2D eigenvalue weighted by Gasteiger charge is -2.29. The maximum Gasteiger partial charge on any atom is 0.255 e. The Bertz CT molecular complexity index is 1640. The number of halogens is 3. The number of rotatable bonds is 9. The second-order valence-electron chi connectivity index (χ2n) is 9.04. The number of allylic oxidation sites excluding steroid dienone is 1. The number of aromatic nitrogens is 3. The highest BCUT2D eigenvalue weighted by atomic mass is 79.9. The van der Waals surface area contributed by atoms with E-state index in [1.807, 2.05) is 44.2 Å². The second kappa shape index (κ2) is 12.4. The summed E-state index contributed by atoms with van der Waals surface area (Å²) >= 11 is 16.1. The molecule has 0 spiro atoms. The zero-order valence-corrected chi connectivity index (χ0v) is 25.5. The second-order valence-corrected chi connectivity index (χ2v) is 10.7. The van der Waals surface area contributed by atoms with E-state index in [-0.39, 0.29) is 12.5 Å². The molecule has 2 heterocycles. The molecule has 1 amide bonds. The maximum atomic E-state index is 13.8. The number of hydrogen-bond acceptors (Lipinski definition) is 7.